The van der Waals surface area contributed by atoms with Crippen molar-refractivity contribution in [3.05, 3.63) is 60.0 Å². The molecule has 0 atom stereocenters. The van der Waals surface area contributed by atoms with Gasteiger partial charge in [-0.25, -0.2) is 4.98 Å². The topological polar surface area (TPSA) is 80.5 Å². The third-order valence-electron chi connectivity index (χ3n) is 2.78. The fourth-order valence-electron chi connectivity index (χ4n) is 1.81. The number of nitrogens with one attached hydrogen (secondary N) is 1. The largest absolute Gasteiger partial charge is 0.399 e. The van der Waals surface area contributed by atoms with Crippen LogP contribution < -0.4 is 5.73 Å². The van der Waals surface area contributed by atoms with Crippen molar-refractivity contribution in [2.45, 2.75) is 6.42 Å². The molecule has 0 spiro atoms. The van der Waals surface area contributed by atoms with Crippen molar-refractivity contribution >= 4 is 5.69 Å². The smallest absolute Gasteiger partial charge is 0.199 e. The van der Waals surface area contributed by atoms with E-state index in [0.717, 1.165) is 22.8 Å². The zero-order valence-corrected chi connectivity index (χ0v) is 10.2. The minimum Gasteiger partial charge on any atom is -0.399 e. The van der Waals surface area contributed by atoms with E-state index in [0.29, 0.717) is 12.2 Å². The summed E-state index contributed by atoms with van der Waals surface area (Å²) in [6.45, 7) is 0. The van der Waals surface area contributed by atoms with E-state index in [1.54, 1.807) is 6.20 Å². The summed E-state index contributed by atoms with van der Waals surface area (Å²) in [4.78, 5) is 8.66. The van der Waals surface area contributed by atoms with E-state index in [4.69, 9.17) is 5.73 Å². The average Bonchev–Trinajstić information content (AvgIpc) is 2.91. The van der Waals surface area contributed by atoms with Crippen molar-refractivity contribution in [2.24, 2.45) is 0 Å². The van der Waals surface area contributed by atoms with Crippen molar-refractivity contribution in [3.63, 3.8) is 0 Å². The molecule has 0 aliphatic heterocycles. The highest BCUT2D eigenvalue weighted by atomic mass is 15.2. The molecule has 94 valence electrons. The van der Waals surface area contributed by atoms with Gasteiger partial charge in [-0.15, -0.1) is 0 Å². The number of pyridine rings is 1. The Morgan fingerprint density at radius 3 is 2.63 bits per heavy atom. The van der Waals surface area contributed by atoms with Gasteiger partial charge in [0.15, 0.2) is 5.82 Å². The van der Waals surface area contributed by atoms with E-state index in [2.05, 4.69) is 20.2 Å². The second-order valence-electron chi connectivity index (χ2n) is 4.24. The molecule has 5 heteroatoms. The Balaban J connectivity index is 1.80. The Morgan fingerprint density at radius 2 is 1.89 bits per heavy atom. The number of rotatable bonds is 3. The SMILES string of the molecule is Nc1ccc(Cc2nc(-c3ccccn3)n[nH]2)cc1. The van der Waals surface area contributed by atoms with Crippen LogP contribution in [0.15, 0.2) is 48.7 Å². The predicted octanol–water partition coefficient (Wildman–Crippen LogP) is 2.04. The van der Waals surface area contributed by atoms with Gasteiger partial charge in [-0.3, -0.25) is 10.1 Å². The van der Waals surface area contributed by atoms with Gasteiger partial charge in [-0.05, 0) is 29.8 Å². The normalized spacial score (nSPS) is 10.5. The number of hydrogen-bond acceptors (Lipinski definition) is 4. The lowest BCUT2D eigenvalue weighted by molar-refractivity contribution is 0.972. The molecule has 2 aromatic heterocycles. The third-order valence-corrected chi connectivity index (χ3v) is 2.78. The zero-order valence-electron chi connectivity index (χ0n) is 10.2. The Hall–Kier alpha value is -2.69. The number of aromatic nitrogens is 4. The molecular formula is C14H13N5. The lowest BCUT2D eigenvalue weighted by Crippen LogP contribution is -1.92. The van der Waals surface area contributed by atoms with Crippen LogP contribution in [0.5, 0.6) is 0 Å². The fraction of sp³-hybridized carbons (Fsp3) is 0.0714. The van der Waals surface area contributed by atoms with Crippen molar-refractivity contribution in [3.8, 4) is 11.5 Å². The van der Waals surface area contributed by atoms with Crippen LogP contribution in [0.4, 0.5) is 5.69 Å². The van der Waals surface area contributed by atoms with Crippen LogP contribution in [-0.2, 0) is 6.42 Å². The summed E-state index contributed by atoms with van der Waals surface area (Å²) in [5, 5.41) is 7.11. The molecule has 0 radical (unpaired) electrons. The molecule has 0 aliphatic carbocycles. The van der Waals surface area contributed by atoms with Gasteiger partial charge in [-0.1, -0.05) is 18.2 Å². The van der Waals surface area contributed by atoms with Crippen molar-refractivity contribution < 1.29 is 0 Å². The highest BCUT2D eigenvalue weighted by Crippen LogP contribution is 2.13. The maximum absolute atomic E-state index is 5.66. The molecule has 0 fully saturated rings. The highest BCUT2D eigenvalue weighted by Gasteiger charge is 2.06. The monoisotopic (exact) mass is 251 g/mol. The third kappa shape index (κ3) is 2.60. The number of nitrogens with two attached hydrogens (primary N) is 1. The van der Waals surface area contributed by atoms with E-state index in [1.807, 2.05) is 42.5 Å². The van der Waals surface area contributed by atoms with Crippen LogP contribution >= 0.6 is 0 Å². The summed E-state index contributed by atoms with van der Waals surface area (Å²) in [6.07, 6.45) is 2.42. The molecule has 0 saturated heterocycles. The minimum atomic E-state index is 0.617. The van der Waals surface area contributed by atoms with Gasteiger partial charge in [0.25, 0.3) is 0 Å². The zero-order chi connectivity index (χ0) is 13.1. The lowest BCUT2D eigenvalue weighted by Gasteiger charge is -1.98. The highest BCUT2D eigenvalue weighted by molar-refractivity contribution is 5.47. The molecule has 19 heavy (non-hydrogen) atoms. The molecule has 5 nitrogen and oxygen atoms in total. The number of anilines is 1. The van der Waals surface area contributed by atoms with E-state index in [-0.39, 0.29) is 0 Å². The molecule has 0 aliphatic rings. The maximum atomic E-state index is 5.66. The molecule has 3 aromatic rings. The first-order valence-corrected chi connectivity index (χ1v) is 5.98. The molecular weight excluding hydrogens is 238 g/mol. The second-order valence-corrected chi connectivity index (χ2v) is 4.24. The Morgan fingerprint density at radius 1 is 1.05 bits per heavy atom. The van der Waals surface area contributed by atoms with E-state index in [1.165, 1.54) is 0 Å². The molecule has 3 N–H and O–H groups in total. The van der Waals surface area contributed by atoms with Crippen molar-refractivity contribution in [2.75, 3.05) is 5.73 Å². The summed E-state index contributed by atoms with van der Waals surface area (Å²) < 4.78 is 0. The lowest BCUT2D eigenvalue weighted by atomic mass is 10.1. The molecule has 1 aromatic carbocycles. The van der Waals surface area contributed by atoms with Gasteiger partial charge in [0.2, 0.25) is 0 Å². The summed E-state index contributed by atoms with van der Waals surface area (Å²) >= 11 is 0. The second kappa shape index (κ2) is 4.89. The number of hydrogen-bond donors (Lipinski definition) is 2. The summed E-state index contributed by atoms with van der Waals surface area (Å²) in [5.74, 6) is 1.43. The summed E-state index contributed by atoms with van der Waals surface area (Å²) in [5.41, 5.74) is 8.32. The number of aromatic amines is 1. The van der Waals surface area contributed by atoms with Crippen molar-refractivity contribution in [1.82, 2.24) is 20.2 Å². The van der Waals surface area contributed by atoms with Gasteiger partial charge in [-0.2, -0.15) is 5.10 Å². The number of nitrogens with zero attached hydrogens (tertiary/aromatic N) is 3. The summed E-state index contributed by atoms with van der Waals surface area (Å²) in [6, 6.07) is 13.4. The van der Waals surface area contributed by atoms with E-state index in [9.17, 15) is 0 Å². The first-order chi connectivity index (χ1) is 9.31. The van der Waals surface area contributed by atoms with Crippen LogP contribution in [0.25, 0.3) is 11.5 Å². The fourth-order valence-corrected chi connectivity index (χ4v) is 1.81. The number of benzene rings is 1. The van der Waals surface area contributed by atoms with Gasteiger partial charge in [0, 0.05) is 18.3 Å². The molecule has 0 saturated carbocycles. The Bertz CT molecular complexity index is 658. The van der Waals surface area contributed by atoms with Crippen LogP contribution in [-0.4, -0.2) is 20.2 Å². The van der Waals surface area contributed by atoms with Gasteiger partial charge in [0.1, 0.15) is 11.5 Å². The first-order valence-electron chi connectivity index (χ1n) is 5.98. The quantitative estimate of drug-likeness (QED) is 0.698. The molecule has 0 unspecified atom stereocenters. The first kappa shape index (κ1) is 11.4. The molecule has 3 rings (SSSR count). The average molecular weight is 251 g/mol. The molecule has 0 amide bonds. The van der Waals surface area contributed by atoms with E-state index >= 15 is 0 Å². The van der Waals surface area contributed by atoms with Crippen LogP contribution in [0, 0.1) is 0 Å². The molecule has 2 heterocycles. The van der Waals surface area contributed by atoms with Crippen LogP contribution in [0.3, 0.4) is 0 Å². The number of nitrogen functional groups attached to an aromatic ring is 1. The van der Waals surface area contributed by atoms with Crippen LogP contribution in [0.1, 0.15) is 11.4 Å². The number of H-pyrrole nitrogens is 1. The van der Waals surface area contributed by atoms with Gasteiger partial charge in [0.05, 0.1) is 0 Å². The maximum Gasteiger partial charge on any atom is 0.199 e. The van der Waals surface area contributed by atoms with Gasteiger partial charge < -0.3 is 5.73 Å². The molecule has 0 bridgehead atoms. The Labute approximate surface area is 110 Å². The Kier molecular flexibility index (Phi) is 2.94. The van der Waals surface area contributed by atoms with Crippen LogP contribution in [0.2, 0.25) is 0 Å². The van der Waals surface area contributed by atoms with Crippen molar-refractivity contribution in [1.29, 1.82) is 0 Å². The standard InChI is InChI=1S/C14H13N5/c15-11-6-4-10(5-7-11)9-13-17-14(19-18-13)12-3-1-2-8-16-12/h1-8H,9,15H2,(H,17,18,19). The summed E-state index contributed by atoms with van der Waals surface area (Å²) in [7, 11) is 0. The van der Waals surface area contributed by atoms with E-state index < -0.39 is 0 Å². The minimum absolute atomic E-state index is 0.617. The predicted molar refractivity (Wildman–Crippen MR) is 73.3 cm³/mol. The van der Waals surface area contributed by atoms with Gasteiger partial charge >= 0.3 is 0 Å².